The quantitative estimate of drug-likeness (QED) is 0.322. The highest BCUT2D eigenvalue weighted by atomic mass is 33.1. The molecule has 0 aliphatic carbocycles. The van der Waals surface area contributed by atoms with E-state index >= 15 is 0 Å². The molecule has 0 aromatic heterocycles. The zero-order valence-electron chi connectivity index (χ0n) is 8.80. The molecule has 90 valence electrons. The summed E-state index contributed by atoms with van der Waals surface area (Å²) in [5.74, 6) is 0.280. The van der Waals surface area contributed by atoms with Gasteiger partial charge in [-0.15, -0.1) is 0 Å². The monoisotopic (exact) mass is 262 g/mol. The second-order valence-electron chi connectivity index (χ2n) is 3.25. The maximum atomic E-state index is 10.4. The highest BCUT2D eigenvalue weighted by Crippen LogP contribution is 2.16. The van der Waals surface area contributed by atoms with Crippen LogP contribution in [0.3, 0.4) is 0 Å². The first-order chi connectivity index (χ1) is 7.38. The van der Waals surface area contributed by atoms with Crippen molar-refractivity contribution in [3.05, 3.63) is 23.8 Å². The van der Waals surface area contributed by atoms with Crippen LogP contribution in [0.1, 0.15) is 5.56 Å². The summed E-state index contributed by atoms with van der Waals surface area (Å²) in [6.45, 7) is 2.35. The molecule has 5 nitrogen and oxygen atoms in total. The zero-order valence-corrected chi connectivity index (χ0v) is 10.4. The van der Waals surface area contributed by atoms with E-state index in [2.05, 4.69) is 5.32 Å². The van der Waals surface area contributed by atoms with Crippen molar-refractivity contribution in [2.45, 2.75) is 6.92 Å². The molecule has 0 aliphatic rings. The number of anilines is 2. The summed E-state index contributed by atoms with van der Waals surface area (Å²) in [5.41, 5.74) is 8.22. The molecule has 0 atom stereocenters. The summed E-state index contributed by atoms with van der Waals surface area (Å²) in [5, 5.41) is 3.03. The van der Waals surface area contributed by atoms with Gasteiger partial charge in [-0.25, -0.2) is 0 Å². The van der Waals surface area contributed by atoms with Crippen molar-refractivity contribution in [3.8, 4) is 0 Å². The average molecular weight is 262 g/mol. The molecule has 0 spiro atoms. The minimum Gasteiger partial charge on any atom is -0.399 e. The zero-order chi connectivity index (χ0) is 12.2. The van der Waals surface area contributed by atoms with Gasteiger partial charge >= 0.3 is 9.15 Å². The SMILES string of the molecule is Cc1cc(NCCSS(=O)(=O)O)ccc1N. The minimum atomic E-state index is -3.94. The van der Waals surface area contributed by atoms with E-state index in [9.17, 15) is 8.42 Å². The minimum absolute atomic E-state index is 0.280. The molecule has 0 heterocycles. The Balaban J connectivity index is 2.41. The third kappa shape index (κ3) is 4.73. The van der Waals surface area contributed by atoms with Gasteiger partial charge in [-0.05, 0) is 41.5 Å². The Kier molecular flexibility index (Phi) is 4.45. The lowest BCUT2D eigenvalue weighted by Crippen LogP contribution is -2.06. The van der Waals surface area contributed by atoms with Crippen LogP contribution < -0.4 is 11.1 Å². The van der Waals surface area contributed by atoms with Crippen molar-refractivity contribution in [1.82, 2.24) is 0 Å². The lowest BCUT2D eigenvalue weighted by Gasteiger charge is -2.07. The van der Waals surface area contributed by atoms with E-state index in [1.165, 1.54) is 0 Å². The smallest absolute Gasteiger partial charge is 0.319 e. The Morgan fingerprint density at radius 1 is 1.50 bits per heavy atom. The van der Waals surface area contributed by atoms with Crippen LogP contribution in [-0.4, -0.2) is 25.3 Å². The first-order valence-electron chi connectivity index (χ1n) is 4.60. The molecule has 0 unspecified atom stereocenters. The average Bonchev–Trinajstić information content (AvgIpc) is 2.17. The molecule has 0 amide bonds. The van der Waals surface area contributed by atoms with Crippen molar-refractivity contribution >= 4 is 31.3 Å². The molecule has 4 N–H and O–H groups in total. The van der Waals surface area contributed by atoms with Crippen molar-refractivity contribution in [3.63, 3.8) is 0 Å². The fourth-order valence-corrected chi connectivity index (χ4v) is 2.41. The van der Waals surface area contributed by atoms with Crippen LogP contribution in [0, 0.1) is 6.92 Å². The fraction of sp³-hybridized carbons (Fsp3) is 0.333. The molecule has 1 aromatic rings. The maximum Gasteiger partial charge on any atom is 0.319 e. The number of aryl methyl sites for hydroxylation is 1. The van der Waals surface area contributed by atoms with Crippen LogP contribution in [0.15, 0.2) is 18.2 Å². The molecule has 0 saturated heterocycles. The number of benzene rings is 1. The Morgan fingerprint density at radius 2 is 2.19 bits per heavy atom. The standard InChI is InChI=1S/C9H14N2O3S2/c1-7-6-8(2-3-9(7)10)11-4-5-15-16(12,13)14/h2-3,6,11H,4-5,10H2,1H3,(H,12,13,14). The van der Waals surface area contributed by atoms with E-state index in [0.717, 1.165) is 16.9 Å². The Hall–Kier alpha value is -0.920. The lowest BCUT2D eigenvalue weighted by atomic mass is 10.2. The van der Waals surface area contributed by atoms with Crippen LogP contribution >= 0.6 is 10.8 Å². The topological polar surface area (TPSA) is 92.4 Å². The highest BCUT2D eigenvalue weighted by molar-refractivity contribution is 8.69. The second-order valence-corrected chi connectivity index (χ2v) is 6.72. The largest absolute Gasteiger partial charge is 0.399 e. The molecule has 1 aromatic carbocycles. The second kappa shape index (κ2) is 5.42. The summed E-state index contributed by atoms with van der Waals surface area (Å²) in [4.78, 5) is 0. The van der Waals surface area contributed by atoms with Crippen LogP contribution in [0.4, 0.5) is 11.4 Å². The number of hydrogen-bond acceptors (Lipinski definition) is 5. The molecular weight excluding hydrogens is 248 g/mol. The van der Waals surface area contributed by atoms with E-state index in [1.807, 2.05) is 19.1 Å². The van der Waals surface area contributed by atoms with Crippen LogP contribution in [0.5, 0.6) is 0 Å². The van der Waals surface area contributed by atoms with Gasteiger partial charge in [0.25, 0.3) is 0 Å². The van der Waals surface area contributed by atoms with Crippen molar-refractivity contribution in [2.24, 2.45) is 0 Å². The summed E-state index contributed by atoms with van der Waals surface area (Å²) >= 11 is 0. The van der Waals surface area contributed by atoms with Gasteiger partial charge in [0.15, 0.2) is 0 Å². The molecule has 16 heavy (non-hydrogen) atoms. The first kappa shape index (κ1) is 13.1. The van der Waals surface area contributed by atoms with Crippen molar-refractivity contribution < 1.29 is 13.0 Å². The molecular formula is C9H14N2O3S2. The van der Waals surface area contributed by atoms with Gasteiger partial charge in [0.2, 0.25) is 0 Å². The maximum absolute atomic E-state index is 10.4. The van der Waals surface area contributed by atoms with Gasteiger partial charge in [-0.2, -0.15) is 8.42 Å². The van der Waals surface area contributed by atoms with Gasteiger partial charge in [-0.3, -0.25) is 4.55 Å². The van der Waals surface area contributed by atoms with Crippen molar-refractivity contribution in [1.29, 1.82) is 0 Å². The molecule has 0 bridgehead atoms. The Bertz CT molecular complexity index is 460. The Morgan fingerprint density at radius 3 is 2.75 bits per heavy atom. The molecule has 0 fully saturated rings. The van der Waals surface area contributed by atoms with Gasteiger partial charge in [0, 0.05) is 23.7 Å². The van der Waals surface area contributed by atoms with Gasteiger partial charge in [0.05, 0.1) is 0 Å². The molecule has 0 aliphatic heterocycles. The summed E-state index contributed by atoms with van der Waals surface area (Å²) < 4.78 is 29.3. The van der Waals surface area contributed by atoms with E-state index in [1.54, 1.807) is 6.07 Å². The molecule has 0 saturated carbocycles. The number of nitrogens with one attached hydrogen (secondary N) is 1. The van der Waals surface area contributed by atoms with E-state index in [4.69, 9.17) is 10.3 Å². The molecule has 0 radical (unpaired) electrons. The molecule has 7 heteroatoms. The third-order valence-corrected chi connectivity index (χ3v) is 4.00. The normalized spacial score (nSPS) is 11.4. The van der Waals surface area contributed by atoms with E-state index < -0.39 is 9.15 Å². The van der Waals surface area contributed by atoms with Crippen molar-refractivity contribution in [2.75, 3.05) is 23.3 Å². The van der Waals surface area contributed by atoms with Crippen LogP contribution in [0.2, 0.25) is 0 Å². The number of hydrogen-bond donors (Lipinski definition) is 3. The van der Waals surface area contributed by atoms with E-state index in [-0.39, 0.29) is 5.75 Å². The lowest BCUT2D eigenvalue weighted by molar-refractivity contribution is 0.503. The van der Waals surface area contributed by atoms with Crippen LogP contribution in [-0.2, 0) is 9.15 Å². The predicted molar refractivity (Wildman–Crippen MR) is 68.1 cm³/mol. The summed E-state index contributed by atoms with van der Waals surface area (Å²) in [6.07, 6.45) is 0. The molecule has 1 rings (SSSR count). The predicted octanol–water partition coefficient (Wildman–Crippen LogP) is 1.53. The summed E-state index contributed by atoms with van der Waals surface area (Å²) in [7, 11) is -3.44. The number of rotatable bonds is 5. The third-order valence-electron chi connectivity index (χ3n) is 1.93. The number of nitrogens with two attached hydrogens (primary N) is 1. The highest BCUT2D eigenvalue weighted by Gasteiger charge is 2.04. The number of nitrogen functional groups attached to an aromatic ring is 1. The fourth-order valence-electron chi connectivity index (χ4n) is 1.13. The van der Waals surface area contributed by atoms with Crippen LogP contribution in [0.25, 0.3) is 0 Å². The summed E-state index contributed by atoms with van der Waals surface area (Å²) in [6, 6.07) is 5.49. The van der Waals surface area contributed by atoms with E-state index in [0.29, 0.717) is 17.3 Å². The first-order valence-corrected chi connectivity index (χ1v) is 7.54. The van der Waals surface area contributed by atoms with Gasteiger partial charge < -0.3 is 11.1 Å². The van der Waals surface area contributed by atoms with Gasteiger partial charge in [0.1, 0.15) is 0 Å². The van der Waals surface area contributed by atoms with Gasteiger partial charge in [-0.1, -0.05) is 0 Å². The Labute approximate surface area is 98.6 Å².